The third-order valence-corrected chi connectivity index (χ3v) is 4.59. The highest BCUT2D eigenvalue weighted by Crippen LogP contribution is 2.22. The van der Waals surface area contributed by atoms with Gasteiger partial charge >= 0.3 is 0 Å². The van der Waals surface area contributed by atoms with Gasteiger partial charge in [0.05, 0.1) is 12.4 Å². The van der Waals surface area contributed by atoms with Crippen LogP contribution in [0.4, 0.5) is 0 Å². The molecule has 1 heterocycles. The Kier molecular flexibility index (Phi) is 3.32. The van der Waals surface area contributed by atoms with Crippen molar-refractivity contribution >= 4 is 10.0 Å². The van der Waals surface area contributed by atoms with E-state index in [1.54, 1.807) is 0 Å². The molecule has 1 N–H and O–H groups in total. The predicted octanol–water partition coefficient (Wildman–Crippen LogP) is 0.0388. The Morgan fingerprint density at radius 1 is 1.62 bits per heavy atom. The Morgan fingerprint density at radius 2 is 2.23 bits per heavy atom. The Morgan fingerprint density at radius 3 is 2.54 bits per heavy atom. The number of aliphatic hydroxyl groups is 1. The fourth-order valence-electron chi connectivity index (χ4n) is 1.73. The molecule has 13 heavy (non-hydrogen) atoms. The minimum Gasteiger partial charge on any atom is -0.395 e. The predicted molar refractivity (Wildman–Crippen MR) is 50.8 cm³/mol. The number of sulfonamides is 1. The topological polar surface area (TPSA) is 57.6 Å². The van der Waals surface area contributed by atoms with Gasteiger partial charge in [-0.3, -0.25) is 0 Å². The van der Waals surface area contributed by atoms with Crippen LogP contribution in [0.25, 0.3) is 0 Å². The maximum atomic E-state index is 11.5. The number of aliphatic hydroxyl groups excluding tert-OH is 1. The molecule has 1 saturated heterocycles. The molecule has 0 spiro atoms. The highest BCUT2D eigenvalue weighted by Gasteiger charge is 2.37. The second-order valence-electron chi connectivity index (χ2n) is 3.70. The smallest absolute Gasteiger partial charge is 0.214 e. The fraction of sp³-hybridized carbons (Fsp3) is 1.00. The number of hydrogen-bond acceptors (Lipinski definition) is 3. The van der Waals surface area contributed by atoms with Crippen molar-refractivity contribution in [3.05, 3.63) is 0 Å². The minimum atomic E-state index is -3.09. The molecule has 1 fully saturated rings. The summed E-state index contributed by atoms with van der Waals surface area (Å²) in [6.07, 6.45) is 0.669. The van der Waals surface area contributed by atoms with E-state index in [9.17, 15) is 8.42 Å². The molecule has 4 nitrogen and oxygen atoms in total. The molecule has 1 unspecified atom stereocenters. The van der Waals surface area contributed by atoms with Gasteiger partial charge in [0.25, 0.3) is 0 Å². The van der Waals surface area contributed by atoms with Gasteiger partial charge in [0.15, 0.2) is 0 Å². The van der Waals surface area contributed by atoms with Gasteiger partial charge in [-0.1, -0.05) is 13.8 Å². The normalized spacial score (nSPS) is 30.5. The van der Waals surface area contributed by atoms with E-state index in [1.807, 2.05) is 13.8 Å². The third-order valence-electron chi connectivity index (χ3n) is 2.43. The molecule has 0 aromatic heterocycles. The van der Waals surface area contributed by atoms with E-state index >= 15 is 0 Å². The van der Waals surface area contributed by atoms with E-state index in [0.717, 1.165) is 0 Å². The van der Waals surface area contributed by atoms with Crippen molar-refractivity contribution in [3.63, 3.8) is 0 Å². The third kappa shape index (κ3) is 2.21. The van der Waals surface area contributed by atoms with Crippen molar-refractivity contribution in [3.8, 4) is 0 Å². The molecule has 1 aliphatic rings. The van der Waals surface area contributed by atoms with Gasteiger partial charge in [0, 0.05) is 12.6 Å². The molecule has 1 rings (SSSR count). The van der Waals surface area contributed by atoms with E-state index in [1.165, 1.54) is 4.31 Å². The summed E-state index contributed by atoms with van der Waals surface area (Å²) in [5.74, 6) is 0.411. The highest BCUT2D eigenvalue weighted by atomic mass is 32.2. The van der Waals surface area contributed by atoms with Crippen LogP contribution < -0.4 is 0 Å². The van der Waals surface area contributed by atoms with Crippen molar-refractivity contribution < 1.29 is 13.5 Å². The summed E-state index contributed by atoms with van der Waals surface area (Å²) in [4.78, 5) is 0. The first kappa shape index (κ1) is 10.9. The molecule has 0 aliphatic carbocycles. The van der Waals surface area contributed by atoms with Crippen LogP contribution >= 0.6 is 0 Å². The first-order valence-electron chi connectivity index (χ1n) is 4.61. The zero-order valence-electron chi connectivity index (χ0n) is 8.10. The van der Waals surface area contributed by atoms with Gasteiger partial charge in [0.2, 0.25) is 10.0 Å². The van der Waals surface area contributed by atoms with Gasteiger partial charge in [-0.2, -0.15) is 4.31 Å². The van der Waals surface area contributed by atoms with Gasteiger partial charge in [-0.15, -0.1) is 0 Å². The van der Waals surface area contributed by atoms with E-state index in [-0.39, 0.29) is 24.3 Å². The molecule has 2 atom stereocenters. The van der Waals surface area contributed by atoms with E-state index in [0.29, 0.717) is 13.0 Å². The van der Waals surface area contributed by atoms with Crippen molar-refractivity contribution in [1.82, 2.24) is 4.31 Å². The summed E-state index contributed by atoms with van der Waals surface area (Å²) in [5, 5.41) is 9.00. The largest absolute Gasteiger partial charge is 0.395 e. The summed E-state index contributed by atoms with van der Waals surface area (Å²) < 4.78 is 24.5. The second kappa shape index (κ2) is 3.94. The zero-order valence-corrected chi connectivity index (χ0v) is 8.92. The van der Waals surface area contributed by atoms with Crippen molar-refractivity contribution in [1.29, 1.82) is 0 Å². The lowest BCUT2D eigenvalue weighted by atomic mass is 10.2. The Bertz CT molecular complexity index is 259. The maximum absolute atomic E-state index is 11.5. The van der Waals surface area contributed by atoms with Gasteiger partial charge in [0.1, 0.15) is 0 Å². The van der Waals surface area contributed by atoms with Gasteiger partial charge in [-0.05, 0) is 12.3 Å². The molecule has 78 valence electrons. The van der Waals surface area contributed by atoms with E-state index in [2.05, 4.69) is 0 Å². The summed E-state index contributed by atoms with van der Waals surface area (Å²) in [6, 6.07) is -0.227. The quantitative estimate of drug-likeness (QED) is 0.711. The van der Waals surface area contributed by atoms with Crippen LogP contribution in [0.1, 0.15) is 20.3 Å². The van der Waals surface area contributed by atoms with Crippen LogP contribution in [0, 0.1) is 5.92 Å². The first-order valence-corrected chi connectivity index (χ1v) is 6.22. The van der Waals surface area contributed by atoms with Crippen LogP contribution in [0.2, 0.25) is 0 Å². The average Bonchev–Trinajstić information content (AvgIpc) is 2.28. The van der Waals surface area contributed by atoms with Crippen LogP contribution in [-0.2, 0) is 10.0 Å². The lowest BCUT2D eigenvalue weighted by Gasteiger charge is -2.23. The minimum absolute atomic E-state index is 0.0809. The van der Waals surface area contributed by atoms with E-state index in [4.69, 9.17) is 5.11 Å². The van der Waals surface area contributed by atoms with Crippen molar-refractivity contribution in [2.45, 2.75) is 26.3 Å². The van der Waals surface area contributed by atoms with Crippen LogP contribution in [-0.4, -0.2) is 42.8 Å². The summed E-state index contributed by atoms with van der Waals surface area (Å²) in [5.41, 5.74) is 0. The highest BCUT2D eigenvalue weighted by molar-refractivity contribution is 7.89. The van der Waals surface area contributed by atoms with Crippen LogP contribution in [0.15, 0.2) is 0 Å². The summed E-state index contributed by atoms with van der Waals surface area (Å²) in [7, 11) is -3.09. The molecular weight excluding hydrogens is 190 g/mol. The monoisotopic (exact) mass is 207 g/mol. The van der Waals surface area contributed by atoms with Crippen LogP contribution in [0.3, 0.4) is 0 Å². The van der Waals surface area contributed by atoms with Gasteiger partial charge < -0.3 is 5.11 Å². The standard InChI is InChI=1S/C8H17NO3S/c1-3-8(5-10)9-4-7(2)6-13(9,11)12/h7-8,10H,3-6H2,1-2H3/t7?,8-/m0/s1. The molecular formula is C8H17NO3S. The molecule has 5 heteroatoms. The second-order valence-corrected chi connectivity index (χ2v) is 5.66. The Hall–Kier alpha value is -0.130. The average molecular weight is 207 g/mol. The lowest BCUT2D eigenvalue weighted by Crippen LogP contribution is -2.38. The molecule has 1 aliphatic heterocycles. The lowest BCUT2D eigenvalue weighted by molar-refractivity contribution is 0.184. The van der Waals surface area contributed by atoms with Crippen molar-refractivity contribution in [2.75, 3.05) is 18.9 Å². The molecule has 0 amide bonds. The number of rotatable bonds is 3. The molecule has 0 bridgehead atoms. The Balaban J connectivity index is 2.80. The van der Waals surface area contributed by atoms with Crippen molar-refractivity contribution in [2.24, 2.45) is 5.92 Å². The van der Waals surface area contributed by atoms with E-state index < -0.39 is 10.0 Å². The van der Waals surface area contributed by atoms with Gasteiger partial charge in [-0.25, -0.2) is 8.42 Å². The number of hydrogen-bond donors (Lipinski definition) is 1. The fourth-order valence-corrected chi connectivity index (χ4v) is 3.90. The summed E-state index contributed by atoms with van der Waals surface area (Å²) >= 11 is 0. The number of nitrogens with zero attached hydrogens (tertiary/aromatic N) is 1. The SMILES string of the molecule is CC[C@@H](CO)N1CC(C)CS1(=O)=O. The molecule has 0 aromatic rings. The Labute approximate surface area is 79.6 Å². The molecule has 0 aromatic carbocycles. The molecule has 0 saturated carbocycles. The first-order chi connectivity index (χ1) is 6.01. The zero-order chi connectivity index (χ0) is 10.1. The van der Waals surface area contributed by atoms with Crippen LogP contribution in [0.5, 0.6) is 0 Å². The maximum Gasteiger partial charge on any atom is 0.214 e. The summed E-state index contributed by atoms with van der Waals surface area (Å²) in [6.45, 7) is 4.28. The molecule has 0 radical (unpaired) electrons.